The number of anilines is 2. The summed E-state index contributed by atoms with van der Waals surface area (Å²) in [5.74, 6) is -0.387. The quantitative estimate of drug-likeness (QED) is 0.436. The lowest BCUT2D eigenvalue weighted by atomic mass is 10.1. The van der Waals surface area contributed by atoms with Gasteiger partial charge in [-0.3, -0.25) is 9.10 Å². The Morgan fingerprint density at radius 2 is 1.94 bits per heavy atom. The smallest absolute Gasteiger partial charge is 0.268 e. The van der Waals surface area contributed by atoms with Gasteiger partial charge in [-0.05, 0) is 42.0 Å². The molecule has 190 valence electrons. The second kappa shape index (κ2) is 10.7. The Labute approximate surface area is 222 Å². The number of ether oxygens (including phenoxy) is 2. The number of aromatic nitrogens is 1. The minimum atomic E-state index is -4.24. The first-order chi connectivity index (χ1) is 17.1. The van der Waals surface area contributed by atoms with Crippen molar-refractivity contribution >= 4 is 62.1 Å². The van der Waals surface area contributed by atoms with Crippen LogP contribution in [0.5, 0.6) is 11.6 Å². The molecule has 4 rings (SSSR count). The third-order valence-corrected chi connectivity index (χ3v) is 8.07. The fraction of sp³-hybridized carbons (Fsp3) is 0.217. The van der Waals surface area contributed by atoms with E-state index in [9.17, 15) is 18.3 Å². The largest absolute Gasteiger partial charge is 0.495 e. The summed E-state index contributed by atoms with van der Waals surface area (Å²) in [5.41, 5.74) is 0.733. The summed E-state index contributed by atoms with van der Waals surface area (Å²) in [4.78, 5) is 16.7. The number of hydrogen-bond donors (Lipinski definition) is 2. The first kappa shape index (κ1) is 26.3. The van der Waals surface area contributed by atoms with Crippen molar-refractivity contribution in [2.24, 2.45) is 0 Å². The monoisotopic (exact) mass is 571 g/mol. The summed E-state index contributed by atoms with van der Waals surface area (Å²) >= 11 is 18.4. The predicted octanol–water partition coefficient (Wildman–Crippen LogP) is 4.18. The summed E-state index contributed by atoms with van der Waals surface area (Å²) in [6.45, 7) is -0.660. The molecule has 0 radical (unpaired) electrons. The normalized spacial score (nSPS) is 15.1. The highest BCUT2D eigenvalue weighted by Gasteiger charge is 2.37. The van der Waals surface area contributed by atoms with Crippen molar-refractivity contribution in [3.05, 3.63) is 69.3 Å². The fourth-order valence-electron chi connectivity index (χ4n) is 3.62. The molecule has 36 heavy (non-hydrogen) atoms. The van der Waals surface area contributed by atoms with E-state index in [2.05, 4.69) is 10.3 Å². The number of rotatable bonds is 7. The van der Waals surface area contributed by atoms with Crippen molar-refractivity contribution in [3.63, 3.8) is 0 Å². The van der Waals surface area contributed by atoms with Crippen LogP contribution in [0.1, 0.15) is 5.56 Å². The number of methoxy groups -OCH3 is 1. The molecule has 2 N–H and O–H groups in total. The number of aliphatic hydroxyl groups excluding tert-OH is 1. The maximum Gasteiger partial charge on any atom is 0.268 e. The van der Waals surface area contributed by atoms with Gasteiger partial charge in [0.25, 0.3) is 10.0 Å². The van der Waals surface area contributed by atoms with Crippen molar-refractivity contribution in [2.45, 2.75) is 17.4 Å². The summed E-state index contributed by atoms with van der Waals surface area (Å²) in [6.07, 6.45) is 0.336. The number of benzene rings is 2. The average molecular weight is 573 g/mol. The highest BCUT2D eigenvalue weighted by Crippen LogP contribution is 2.39. The molecule has 9 nitrogen and oxygen atoms in total. The van der Waals surface area contributed by atoms with Crippen molar-refractivity contribution < 1.29 is 27.8 Å². The molecule has 0 unspecified atom stereocenters. The lowest BCUT2D eigenvalue weighted by Crippen LogP contribution is -2.45. The molecule has 13 heteroatoms. The Hall–Kier alpha value is -2.76. The van der Waals surface area contributed by atoms with Crippen LogP contribution >= 0.6 is 34.8 Å². The Balaban J connectivity index is 1.69. The van der Waals surface area contributed by atoms with Crippen LogP contribution in [0, 0.1) is 0 Å². The van der Waals surface area contributed by atoms with Gasteiger partial charge >= 0.3 is 0 Å². The zero-order chi connectivity index (χ0) is 26.0. The number of nitrogens with zero attached hydrogens (tertiary/aromatic N) is 2. The van der Waals surface area contributed by atoms with E-state index < -0.39 is 28.6 Å². The van der Waals surface area contributed by atoms with E-state index in [4.69, 9.17) is 44.3 Å². The lowest BCUT2D eigenvalue weighted by Gasteiger charge is -2.34. The van der Waals surface area contributed by atoms with Crippen molar-refractivity contribution in [3.8, 4) is 11.6 Å². The molecule has 0 spiro atoms. The van der Waals surface area contributed by atoms with Crippen molar-refractivity contribution in [2.75, 3.05) is 29.9 Å². The third kappa shape index (κ3) is 5.33. The number of nitrogens with one attached hydrogen (secondary N) is 1. The standard InChI is InChI=1S/C23H20Cl3N3O6S/c1-34-20-6-5-13(24)7-21(20)36(32,33)29-11-15(12-30)35-23-19(29)8-14(10-27-23)28-22(31)9-16-17(25)3-2-4-18(16)26/h2-8,10,15,30H,9,11-12H2,1H3,(H,28,31)/t15-/m1/s1. The topological polar surface area (TPSA) is 118 Å². The van der Waals surface area contributed by atoms with Crippen molar-refractivity contribution in [1.82, 2.24) is 4.98 Å². The summed E-state index contributed by atoms with van der Waals surface area (Å²) in [5, 5.41) is 13.2. The highest BCUT2D eigenvalue weighted by molar-refractivity contribution is 7.93. The van der Waals surface area contributed by atoms with Crippen LogP contribution in [0.2, 0.25) is 15.1 Å². The minimum absolute atomic E-state index is 0.0305. The molecule has 1 atom stereocenters. The van der Waals surface area contributed by atoms with E-state index in [0.29, 0.717) is 15.6 Å². The number of pyridine rings is 1. The Kier molecular flexibility index (Phi) is 7.82. The number of carbonyl (C=O) groups excluding carboxylic acids is 1. The van der Waals surface area contributed by atoms with E-state index >= 15 is 0 Å². The number of hydrogen-bond acceptors (Lipinski definition) is 7. The van der Waals surface area contributed by atoms with Gasteiger partial charge in [-0.2, -0.15) is 0 Å². The molecule has 0 saturated heterocycles. The first-order valence-electron chi connectivity index (χ1n) is 10.5. The number of carbonyl (C=O) groups is 1. The van der Waals surface area contributed by atoms with Gasteiger partial charge in [0.15, 0.2) is 0 Å². The van der Waals surface area contributed by atoms with Crippen LogP contribution in [0.3, 0.4) is 0 Å². The molecular weight excluding hydrogens is 553 g/mol. The van der Waals surface area contributed by atoms with E-state index in [1.165, 1.54) is 37.6 Å². The van der Waals surface area contributed by atoms with E-state index in [1.54, 1.807) is 18.2 Å². The SMILES string of the molecule is COc1ccc(Cl)cc1S(=O)(=O)N1C[C@H](CO)Oc2ncc(NC(=O)Cc3c(Cl)cccc3Cl)cc21. The van der Waals surface area contributed by atoms with Gasteiger partial charge in [0.1, 0.15) is 22.4 Å². The number of amides is 1. The van der Waals surface area contributed by atoms with Crippen LogP contribution in [0.25, 0.3) is 0 Å². The number of sulfonamides is 1. The molecule has 0 aliphatic carbocycles. The van der Waals surface area contributed by atoms with E-state index in [1.807, 2.05) is 0 Å². The van der Waals surface area contributed by atoms with Crippen molar-refractivity contribution in [1.29, 1.82) is 0 Å². The molecule has 1 aromatic heterocycles. The second-order valence-corrected chi connectivity index (χ2v) is 10.8. The van der Waals surface area contributed by atoms with Gasteiger partial charge in [0.2, 0.25) is 11.8 Å². The Morgan fingerprint density at radius 3 is 2.61 bits per heavy atom. The molecule has 1 aliphatic heterocycles. The van der Waals surface area contributed by atoms with E-state index in [-0.39, 0.29) is 45.9 Å². The average Bonchev–Trinajstić information content (AvgIpc) is 2.85. The fourth-order valence-corrected chi connectivity index (χ4v) is 6.06. The van der Waals surface area contributed by atoms with Gasteiger partial charge in [0, 0.05) is 15.1 Å². The zero-order valence-corrected chi connectivity index (χ0v) is 21.8. The molecule has 2 heterocycles. The highest BCUT2D eigenvalue weighted by atomic mass is 35.5. The van der Waals surface area contributed by atoms with Gasteiger partial charge in [-0.25, -0.2) is 13.4 Å². The summed E-state index contributed by atoms with van der Waals surface area (Å²) in [7, 11) is -2.90. The minimum Gasteiger partial charge on any atom is -0.495 e. The molecule has 2 aromatic carbocycles. The Bertz CT molecular complexity index is 1400. The first-order valence-corrected chi connectivity index (χ1v) is 13.1. The van der Waals surface area contributed by atoms with Gasteiger partial charge in [0.05, 0.1) is 38.6 Å². The van der Waals surface area contributed by atoms with Gasteiger partial charge in [-0.15, -0.1) is 0 Å². The van der Waals surface area contributed by atoms with Crippen LogP contribution in [0.15, 0.2) is 53.6 Å². The van der Waals surface area contributed by atoms with E-state index in [0.717, 1.165) is 4.31 Å². The van der Waals surface area contributed by atoms with Crippen LogP contribution in [-0.4, -0.2) is 50.8 Å². The summed E-state index contributed by atoms with van der Waals surface area (Å²) < 4.78 is 39.3. The van der Waals surface area contributed by atoms with Crippen LogP contribution in [-0.2, 0) is 21.2 Å². The summed E-state index contributed by atoms with van der Waals surface area (Å²) in [6, 6.07) is 10.5. The van der Waals surface area contributed by atoms with Crippen LogP contribution < -0.4 is 19.1 Å². The third-order valence-electron chi connectivity index (χ3n) is 5.33. The van der Waals surface area contributed by atoms with Gasteiger partial charge < -0.3 is 19.9 Å². The molecule has 0 bridgehead atoms. The molecule has 1 aliphatic rings. The molecule has 0 fully saturated rings. The number of fused-ring (bicyclic) bond motifs is 1. The molecule has 1 amide bonds. The maximum atomic E-state index is 13.7. The zero-order valence-electron chi connectivity index (χ0n) is 18.7. The number of aliphatic hydroxyl groups is 1. The Morgan fingerprint density at radius 1 is 1.22 bits per heavy atom. The van der Waals surface area contributed by atoms with Gasteiger partial charge in [-0.1, -0.05) is 40.9 Å². The molecular formula is C23H20Cl3N3O6S. The predicted molar refractivity (Wildman–Crippen MR) is 137 cm³/mol. The molecule has 3 aromatic rings. The number of halogens is 3. The van der Waals surface area contributed by atoms with Crippen LogP contribution in [0.4, 0.5) is 11.4 Å². The molecule has 0 saturated carbocycles. The lowest BCUT2D eigenvalue weighted by molar-refractivity contribution is -0.115. The maximum absolute atomic E-state index is 13.7. The second-order valence-electron chi connectivity index (χ2n) is 7.73.